The fourth-order valence-electron chi connectivity index (χ4n) is 3.30. The van der Waals surface area contributed by atoms with Crippen LogP contribution in [0.2, 0.25) is 5.02 Å². The van der Waals surface area contributed by atoms with E-state index in [-0.39, 0.29) is 5.41 Å². The van der Waals surface area contributed by atoms with Crippen molar-refractivity contribution in [1.29, 1.82) is 0 Å². The smallest absolute Gasteiger partial charge is 0.129 e. The minimum absolute atomic E-state index is 0.139. The second-order valence-corrected chi connectivity index (χ2v) is 8.05. The van der Waals surface area contributed by atoms with E-state index in [0.717, 1.165) is 54.3 Å². The summed E-state index contributed by atoms with van der Waals surface area (Å²) in [6.07, 6.45) is 4.03. The first-order valence-corrected chi connectivity index (χ1v) is 9.79. The van der Waals surface area contributed by atoms with Crippen molar-refractivity contribution < 1.29 is 4.84 Å². The van der Waals surface area contributed by atoms with Crippen LogP contribution in [0.3, 0.4) is 0 Å². The lowest BCUT2D eigenvalue weighted by Crippen LogP contribution is -2.27. The average molecular weight is 375 g/mol. The molecule has 0 atom stereocenters. The molecule has 1 aromatic rings. The van der Waals surface area contributed by atoms with Gasteiger partial charge in [-0.3, -0.25) is 0 Å². The van der Waals surface area contributed by atoms with E-state index in [0.29, 0.717) is 6.61 Å². The van der Waals surface area contributed by atoms with Crippen LogP contribution in [0.25, 0.3) is 5.57 Å². The summed E-state index contributed by atoms with van der Waals surface area (Å²) in [4.78, 5) is 7.93. The number of hydrogen-bond donors (Lipinski definition) is 0. The number of likely N-dealkylation sites (N-methyl/N-ethyl adjacent to an activating group) is 1. The molecule has 2 rings (SSSR count). The van der Waals surface area contributed by atoms with Crippen LogP contribution < -0.4 is 0 Å². The van der Waals surface area contributed by atoms with Crippen LogP contribution >= 0.6 is 11.6 Å². The number of halogens is 1. The molecule has 0 aliphatic heterocycles. The van der Waals surface area contributed by atoms with Crippen molar-refractivity contribution >= 4 is 22.9 Å². The number of benzene rings is 1. The predicted octanol–water partition coefficient (Wildman–Crippen LogP) is 5.81. The SMILES string of the molecule is C=C(C1=C/C(=N/OCCN(CC)CC)CC(C)(C)C1)c1ccc(Cl)cc1. The van der Waals surface area contributed by atoms with Crippen molar-refractivity contribution in [2.45, 2.75) is 40.5 Å². The van der Waals surface area contributed by atoms with E-state index < -0.39 is 0 Å². The largest absolute Gasteiger partial charge is 0.394 e. The Morgan fingerprint density at radius 2 is 1.85 bits per heavy atom. The Bertz CT molecular complexity index is 670. The summed E-state index contributed by atoms with van der Waals surface area (Å²) < 4.78 is 0. The van der Waals surface area contributed by atoms with E-state index in [1.807, 2.05) is 24.3 Å². The molecule has 1 aliphatic carbocycles. The lowest BCUT2D eigenvalue weighted by molar-refractivity contribution is 0.113. The maximum absolute atomic E-state index is 6.00. The average Bonchev–Trinajstić information content (AvgIpc) is 2.60. The van der Waals surface area contributed by atoms with Crippen LogP contribution in [0.15, 0.2) is 47.6 Å². The van der Waals surface area contributed by atoms with E-state index in [9.17, 15) is 0 Å². The van der Waals surface area contributed by atoms with E-state index in [1.165, 1.54) is 5.57 Å². The summed E-state index contributed by atoms with van der Waals surface area (Å²) in [5, 5.41) is 5.15. The van der Waals surface area contributed by atoms with Gasteiger partial charge in [-0.1, -0.05) is 63.2 Å². The molecule has 0 radical (unpaired) electrons. The molecule has 1 aromatic carbocycles. The van der Waals surface area contributed by atoms with Crippen LogP contribution in [0.5, 0.6) is 0 Å². The molecule has 0 heterocycles. The first-order valence-electron chi connectivity index (χ1n) is 9.41. The fraction of sp³-hybridized carbons (Fsp3) is 0.500. The maximum atomic E-state index is 6.00. The zero-order valence-corrected chi connectivity index (χ0v) is 17.3. The summed E-state index contributed by atoms with van der Waals surface area (Å²) in [6, 6.07) is 7.85. The fourth-order valence-corrected chi connectivity index (χ4v) is 3.42. The lowest BCUT2D eigenvalue weighted by Gasteiger charge is -2.31. The Hall–Kier alpha value is -1.58. The third-order valence-electron chi connectivity index (χ3n) is 4.82. The minimum Gasteiger partial charge on any atom is -0.394 e. The highest BCUT2D eigenvalue weighted by atomic mass is 35.5. The molecule has 0 aromatic heterocycles. The summed E-state index contributed by atoms with van der Waals surface area (Å²) in [5.41, 5.74) is 4.48. The van der Waals surface area contributed by atoms with Crippen molar-refractivity contribution in [3.8, 4) is 0 Å². The number of rotatable bonds is 8. The van der Waals surface area contributed by atoms with Gasteiger partial charge in [-0.15, -0.1) is 0 Å². The van der Waals surface area contributed by atoms with Crippen LogP contribution in [0.1, 0.15) is 46.1 Å². The molecule has 1 aliphatic rings. The predicted molar refractivity (Wildman–Crippen MR) is 113 cm³/mol. The molecule has 4 heteroatoms. The van der Waals surface area contributed by atoms with Crippen molar-refractivity contribution in [2.24, 2.45) is 10.6 Å². The molecule has 142 valence electrons. The van der Waals surface area contributed by atoms with E-state index in [4.69, 9.17) is 16.4 Å². The van der Waals surface area contributed by atoms with Gasteiger partial charge in [-0.25, -0.2) is 0 Å². The Balaban J connectivity index is 2.09. The molecular formula is C22H31ClN2O. The number of oxime groups is 1. The van der Waals surface area contributed by atoms with Crippen molar-refractivity contribution in [3.63, 3.8) is 0 Å². The Morgan fingerprint density at radius 3 is 2.46 bits per heavy atom. The third-order valence-corrected chi connectivity index (χ3v) is 5.08. The van der Waals surface area contributed by atoms with Gasteiger partial charge in [0.2, 0.25) is 0 Å². The topological polar surface area (TPSA) is 24.8 Å². The molecule has 0 spiro atoms. The normalized spacial score (nSPS) is 18.1. The second-order valence-electron chi connectivity index (χ2n) is 7.62. The summed E-state index contributed by atoms with van der Waals surface area (Å²) in [6.45, 7) is 16.8. The molecule has 0 fully saturated rings. The van der Waals surface area contributed by atoms with Crippen molar-refractivity contribution in [3.05, 3.63) is 53.1 Å². The second kappa shape index (κ2) is 9.38. The van der Waals surface area contributed by atoms with Gasteiger partial charge in [0.1, 0.15) is 6.61 Å². The molecule has 3 nitrogen and oxygen atoms in total. The standard InChI is InChI=1S/C22H31ClN2O/c1-6-25(7-2)12-13-26-24-21-14-19(15-22(4,5)16-21)17(3)18-8-10-20(23)11-9-18/h8-11,14H,3,6-7,12-13,15-16H2,1-2,4-5H3/b24-21-. The van der Waals surface area contributed by atoms with Gasteiger partial charge < -0.3 is 9.74 Å². The van der Waals surface area contributed by atoms with Gasteiger partial charge in [0.25, 0.3) is 0 Å². The van der Waals surface area contributed by atoms with Gasteiger partial charge in [0.15, 0.2) is 0 Å². The monoisotopic (exact) mass is 374 g/mol. The molecular weight excluding hydrogens is 344 g/mol. The first kappa shape index (κ1) is 20.7. The van der Waals surface area contributed by atoms with Crippen LogP contribution in [0, 0.1) is 5.41 Å². The van der Waals surface area contributed by atoms with E-state index in [2.05, 4.69) is 50.4 Å². The van der Waals surface area contributed by atoms with Gasteiger partial charge in [0.05, 0.1) is 5.71 Å². The summed E-state index contributed by atoms with van der Waals surface area (Å²) >= 11 is 6.00. The summed E-state index contributed by atoms with van der Waals surface area (Å²) in [5.74, 6) is 0. The van der Waals surface area contributed by atoms with Crippen LogP contribution in [-0.2, 0) is 4.84 Å². The third kappa shape index (κ3) is 6.00. The van der Waals surface area contributed by atoms with Gasteiger partial charge in [0, 0.05) is 11.6 Å². The number of nitrogens with zero attached hydrogens (tertiary/aromatic N) is 2. The molecule has 0 bridgehead atoms. The zero-order valence-electron chi connectivity index (χ0n) is 16.5. The van der Waals surface area contributed by atoms with Crippen LogP contribution in [0.4, 0.5) is 0 Å². The van der Waals surface area contributed by atoms with Gasteiger partial charge in [-0.05, 0) is 66.3 Å². The number of allylic oxidation sites excluding steroid dienone is 3. The Morgan fingerprint density at radius 1 is 1.19 bits per heavy atom. The molecule has 0 amide bonds. The molecule has 0 saturated heterocycles. The van der Waals surface area contributed by atoms with Gasteiger partial charge in [-0.2, -0.15) is 0 Å². The van der Waals surface area contributed by atoms with Crippen molar-refractivity contribution in [1.82, 2.24) is 4.90 Å². The lowest BCUT2D eigenvalue weighted by atomic mass is 9.74. The highest BCUT2D eigenvalue weighted by Gasteiger charge is 2.28. The molecule has 0 N–H and O–H groups in total. The minimum atomic E-state index is 0.139. The van der Waals surface area contributed by atoms with Gasteiger partial charge >= 0.3 is 0 Å². The van der Waals surface area contributed by atoms with E-state index >= 15 is 0 Å². The zero-order chi connectivity index (χ0) is 19.2. The Kier molecular flexibility index (Phi) is 7.48. The molecule has 26 heavy (non-hydrogen) atoms. The molecule has 0 saturated carbocycles. The highest BCUT2D eigenvalue weighted by Crippen LogP contribution is 2.39. The summed E-state index contributed by atoms with van der Waals surface area (Å²) in [7, 11) is 0. The number of hydrogen-bond acceptors (Lipinski definition) is 3. The van der Waals surface area contributed by atoms with Crippen molar-refractivity contribution in [2.75, 3.05) is 26.2 Å². The maximum Gasteiger partial charge on any atom is 0.129 e. The quantitative estimate of drug-likeness (QED) is 0.423. The molecule has 0 unspecified atom stereocenters. The highest BCUT2D eigenvalue weighted by molar-refractivity contribution is 6.30. The van der Waals surface area contributed by atoms with Crippen LogP contribution in [-0.4, -0.2) is 36.9 Å². The first-order chi connectivity index (χ1) is 12.3. The van der Waals surface area contributed by atoms with E-state index in [1.54, 1.807) is 0 Å². The Labute approximate surface area is 163 Å².